The number of carbonyl (C=O) groups excluding carboxylic acids is 2. The van der Waals surface area contributed by atoms with Crippen molar-refractivity contribution in [3.63, 3.8) is 0 Å². The number of nitrogens with zero attached hydrogens (tertiary/aromatic N) is 4. The van der Waals surface area contributed by atoms with Crippen LogP contribution in [0.5, 0.6) is 0 Å². The molecule has 2 heterocycles. The number of esters is 1. The van der Waals surface area contributed by atoms with Crippen LogP contribution < -0.4 is 10.7 Å². The molecule has 9 heteroatoms. The highest BCUT2D eigenvalue weighted by atomic mass is 32.2. The summed E-state index contributed by atoms with van der Waals surface area (Å²) in [5, 5.41) is 1.85. The summed E-state index contributed by atoms with van der Waals surface area (Å²) in [4.78, 5) is 29.9. The quantitative estimate of drug-likeness (QED) is 0.836. The molecule has 0 aliphatic carbocycles. The molecule has 0 saturated carbocycles. The van der Waals surface area contributed by atoms with Crippen molar-refractivity contribution in [2.24, 2.45) is 5.73 Å². The number of aromatic nitrogens is 2. The Kier molecular flexibility index (Phi) is 4.45. The predicted octanol–water partition coefficient (Wildman–Crippen LogP) is 1.21. The molecule has 1 atom stereocenters. The monoisotopic (exact) mass is 347 g/mol. The van der Waals surface area contributed by atoms with Crippen molar-refractivity contribution in [3.05, 3.63) is 47.8 Å². The smallest absolute Gasteiger partial charge is 0.358 e. The van der Waals surface area contributed by atoms with Gasteiger partial charge in [0.1, 0.15) is 6.61 Å². The number of ether oxygens (including phenoxy) is 1. The molecule has 2 amide bonds. The van der Waals surface area contributed by atoms with Gasteiger partial charge in [0, 0.05) is 0 Å². The zero-order chi connectivity index (χ0) is 17.3. The van der Waals surface area contributed by atoms with Gasteiger partial charge in [0.2, 0.25) is 0 Å². The van der Waals surface area contributed by atoms with Crippen molar-refractivity contribution < 1.29 is 14.3 Å². The normalized spacial score (nSPS) is 16.3. The Balaban J connectivity index is 1.74. The Morgan fingerprint density at radius 3 is 2.67 bits per heavy atom. The van der Waals surface area contributed by atoms with Crippen molar-refractivity contribution in [2.75, 3.05) is 19.1 Å². The van der Waals surface area contributed by atoms with Crippen LogP contribution in [0.25, 0.3) is 0 Å². The Labute approximate surface area is 143 Å². The van der Waals surface area contributed by atoms with Crippen molar-refractivity contribution in [1.82, 2.24) is 14.6 Å². The van der Waals surface area contributed by atoms with E-state index >= 15 is 0 Å². The van der Waals surface area contributed by atoms with Gasteiger partial charge in [-0.15, -0.1) is 0 Å². The van der Waals surface area contributed by atoms with Crippen molar-refractivity contribution in [3.8, 4) is 0 Å². The van der Waals surface area contributed by atoms with Crippen molar-refractivity contribution in [1.29, 1.82) is 0 Å². The molecule has 1 aliphatic rings. The van der Waals surface area contributed by atoms with Crippen molar-refractivity contribution >= 4 is 23.8 Å². The maximum absolute atomic E-state index is 12.2. The molecule has 0 fully saturated rings. The SMILES string of the molecule is CN(C)C1Sc2nc(C(=O)OCc3ccccc3)cn2N1C(N)=O. The van der Waals surface area contributed by atoms with E-state index in [0.29, 0.717) is 5.16 Å². The number of nitrogens with two attached hydrogens (primary N) is 1. The van der Waals surface area contributed by atoms with Gasteiger partial charge in [-0.05, 0) is 31.4 Å². The first kappa shape index (κ1) is 16.3. The molecule has 3 rings (SSSR count). The summed E-state index contributed by atoms with van der Waals surface area (Å²) in [5.74, 6) is -0.549. The minimum atomic E-state index is -0.624. The van der Waals surface area contributed by atoms with E-state index in [2.05, 4.69) is 4.98 Å². The fraction of sp³-hybridized carbons (Fsp3) is 0.267. The van der Waals surface area contributed by atoms with Crippen LogP contribution in [0.3, 0.4) is 0 Å². The van der Waals surface area contributed by atoms with Crippen LogP contribution in [0, 0.1) is 0 Å². The van der Waals surface area contributed by atoms with Crippen molar-refractivity contribution in [2.45, 2.75) is 17.3 Å². The molecule has 1 aromatic heterocycles. The average Bonchev–Trinajstić information content (AvgIpc) is 3.10. The molecule has 2 N–H and O–H groups in total. The molecule has 0 saturated heterocycles. The highest BCUT2D eigenvalue weighted by Crippen LogP contribution is 2.33. The summed E-state index contributed by atoms with van der Waals surface area (Å²) in [5.41, 5.74) is 6.16. The van der Waals surface area contributed by atoms with Crippen LogP contribution in [-0.4, -0.2) is 46.2 Å². The fourth-order valence-corrected chi connectivity index (χ4v) is 3.38. The number of carbonyl (C=O) groups is 2. The number of amides is 2. The van der Waals surface area contributed by atoms with Gasteiger partial charge >= 0.3 is 12.0 Å². The summed E-state index contributed by atoms with van der Waals surface area (Å²) in [6.07, 6.45) is 1.46. The van der Waals surface area contributed by atoms with Crippen LogP contribution in [0.2, 0.25) is 0 Å². The fourth-order valence-electron chi connectivity index (χ4n) is 2.27. The first-order valence-corrected chi connectivity index (χ1v) is 8.08. The van der Waals surface area contributed by atoms with E-state index in [-0.39, 0.29) is 17.8 Å². The minimum Gasteiger partial charge on any atom is -0.456 e. The predicted molar refractivity (Wildman–Crippen MR) is 88.9 cm³/mol. The summed E-state index contributed by atoms with van der Waals surface area (Å²) in [6, 6.07) is 8.75. The first-order valence-electron chi connectivity index (χ1n) is 7.20. The van der Waals surface area contributed by atoms with Gasteiger partial charge < -0.3 is 10.5 Å². The van der Waals surface area contributed by atoms with E-state index in [1.165, 1.54) is 27.6 Å². The van der Waals surface area contributed by atoms with Gasteiger partial charge in [-0.25, -0.2) is 24.3 Å². The number of thioether (sulfide) groups is 1. The Bertz CT molecular complexity index is 762. The van der Waals surface area contributed by atoms with Gasteiger partial charge in [-0.1, -0.05) is 30.3 Å². The average molecular weight is 347 g/mol. The zero-order valence-electron chi connectivity index (χ0n) is 13.2. The van der Waals surface area contributed by atoms with Gasteiger partial charge in [0.25, 0.3) is 0 Å². The molecule has 1 aliphatic heterocycles. The lowest BCUT2D eigenvalue weighted by Crippen LogP contribution is -2.51. The number of fused-ring (bicyclic) bond motifs is 1. The molecule has 8 nitrogen and oxygen atoms in total. The van der Waals surface area contributed by atoms with E-state index in [1.807, 2.05) is 49.3 Å². The number of rotatable bonds is 4. The number of primary amides is 1. The number of hydrogen-bond acceptors (Lipinski definition) is 6. The van der Waals surface area contributed by atoms with Crippen LogP contribution in [-0.2, 0) is 11.3 Å². The first-order chi connectivity index (χ1) is 11.5. The van der Waals surface area contributed by atoms with Crippen LogP contribution in [0.1, 0.15) is 16.1 Å². The van der Waals surface area contributed by atoms with E-state index in [4.69, 9.17) is 10.5 Å². The summed E-state index contributed by atoms with van der Waals surface area (Å²) < 4.78 is 6.73. The minimum absolute atomic E-state index is 0.136. The second-order valence-electron chi connectivity index (χ2n) is 5.41. The van der Waals surface area contributed by atoms with E-state index in [1.54, 1.807) is 0 Å². The Morgan fingerprint density at radius 2 is 2.04 bits per heavy atom. The topological polar surface area (TPSA) is 93.7 Å². The number of benzene rings is 1. The Hall–Kier alpha value is -2.52. The molecule has 1 unspecified atom stereocenters. The van der Waals surface area contributed by atoms with Crippen LogP contribution in [0.4, 0.5) is 4.79 Å². The lowest BCUT2D eigenvalue weighted by atomic mass is 10.2. The number of urea groups is 1. The zero-order valence-corrected chi connectivity index (χ0v) is 14.1. The van der Waals surface area contributed by atoms with Gasteiger partial charge in [-0.2, -0.15) is 0 Å². The molecular formula is C15H17N5O3S. The van der Waals surface area contributed by atoms with Gasteiger partial charge in [0.15, 0.2) is 16.3 Å². The molecular weight excluding hydrogens is 330 g/mol. The number of hydrogen-bond donors (Lipinski definition) is 1. The van der Waals surface area contributed by atoms with Crippen LogP contribution >= 0.6 is 11.8 Å². The maximum Gasteiger partial charge on any atom is 0.358 e. The second kappa shape index (κ2) is 6.54. The summed E-state index contributed by atoms with van der Waals surface area (Å²) in [7, 11) is 3.66. The largest absolute Gasteiger partial charge is 0.456 e. The summed E-state index contributed by atoms with van der Waals surface area (Å²) >= 11 is 1.33. The molecule has 0 spiro atoms. The molecule has 0 radical (unpaired) electrons. The van der Waals surface area contributed by atoms with E-state index in [0.717, 1.165) is 5.56 Å². The summed E-state index contributed by atoms with van der Waals surface area (Å²) in [6.45, 7) is 0.162. The van der Waals surface area contributed by atoms with E-state index < -0.39 is 12.0 Å². The second-order valence-corrected chi connectivity index (χ2v) is 6.43. The number of imidazole rings is 1. The van der Waals surface area contributed by atoms with Gasteiger partial charge in [0.05, 0.1) is 6.20 Å². The van der Waals surface area contributed by atoms with Gasteiger partial charge in [-0.3, -0.25) is 4.90 Å². The molecule has 24 heavy (non-hydrogen) atoms. The third-order valence-electron chi connectivity index (χ3n) is 3.40. The lowest BCUT2D eigenvalue weighted by molar-refractivity contribution is 0.0465. The van der Waals surface area contributed by atoms with Crippen LogP contribution in [0.15, 0.2) is 41.7 Å². The molecule has 0 bridgehead atoms. The standard InChI is InChI=1S/C15H17N5O3S/c1-18(2)15-20(13(16)22)19-8-11(17-14(19)24-15)12(21)23-9-10-6-4-3-5-7-10/h3-8,15H,9H2,1-2H3,(H2,16,22). The Morgan fingerprint density at radius 1 is 1.33 bits per heavy atom. The third-order valence-corrected chi connectivity index (χ3v) is 4.72. The molecule has 1 aromatic carbocycles. The molecule has 2 aromatic rings. The highest BCUT2D eigenvalue weighted by Gasteiger charge is 2.37. The highest BCUT2D eigenvalue weighted by molar-refractivity contribution is 8.00. The lowest BCUT2D eigenvalue weighted by Gasteiger charge is -2.27. The third kappa shape index (κ3) is 3.08. The molecule has 126 valence electrons. The van der Waals surface area contributed by atoms with E-state index in [9.17, 15) is 9.59 Å². The maximum atomic E-state index is 12.2.